The Morgan fingerprint density at radius 1 is 0.400 bits per heavy atom. The average Bonchev–Trinajstić information content (AvgIpc) is 0. The van der Waals surface area contributed by atoms with Crippen LogP contribution in [0.2, 0.25) is 0 Å². The van der Waals surface area contributed by atoms with Crippen LogP contribution in [0.4, 0.5) is 0 Å². The van der Waals surface area contributed by atoms with Gasteiger partial charge in [0.2, 0.25) is 0 Å². The molecule has 0 aromatic heterocycles. The normalized spacial score (nSPS) is 0. The van der Waals surface area contributed by atoms with Crippen molar-refractivity contribution in [2.75, 3.05) is 0 Å². The van der Waals surface area contributed by atoms with E-state index in [2.05, 4.69) is 0 Å². The van der Waals surface area contributed by atoms with Crippen molar-refractivity contribution in [1.82, 2.24) is 0 Å². The molecule has 0 nitrogen and oxygen atoms in total. The van der Waals surface area contributed by atoms with Gasteiger partial charge in [-0.3, -0.25) is 0 Å². The van der Waals surface area contributed by atoms with Gasteiger partial charge in [-0.2, -0.15) is 0 Å². The van der Waals surface area contributed by atoms with Crippen molar-refractivity contribution in [3.63, 3.8) is 0 Å². The van der Waals surface area contributed by atoms with E-state index in [1.807, 2.05) is 0 Å². The van der Waals surface area contributed by atoms with E-state index in [0.29, 0.717) is 0 Å². The third kappa shape index (κ3) is 20.3. The summed E-state index contributed by atoms with van der Waals surface area (Å²) in [5.41, 5.74) is 0. The maximum absolute atomic E-state index is 0. The molecule has 0 spiro atoms. The van der Waals surface area contributed by atoms with Crippen LogP contribution in [0, 0.1) is 0 Å². The van der Waals surface area contributed by atoms with Crippen LogP contribution in [0.25, 0.3) is 0 Å². The minimum atomic E-state index is 0. The Morgan fingerprint density at radius 2 is 0.400 bits per heavy atom. The van der Waals surface area contributed by atoms with Gasteiger partial charge in [0.1, 0.15) is 0 Å². The molecule has 36 valence electrons. The summed E-state index contributed by atoms with van der Waals surface area (Å²) in [6, 6.07) is 0. The Bertz CT molecular complexity index is 4.85. The summed E-state index contributed by atoms with van der Waals surface area (Å²) in [7, 11) is 0. The van der Waals surface area contributed by atoms with Gasteiger partial charge >= 0.3 is 54.6 Å². The van der Waals surface area contributed by atoms with Crippen LogP contribution in [0.15, 0.2) is 0 Å². The van der Waals surface area contributed by atoms with Crippen LogP contribution >= 0.6 is 37.2 Å². The molecule has 0 fully saturated rings. The zero-order valence-electron chi connectivity index (χ0n) is 2.64. The van der Waals surface area contributed by atoms with E-state index >= 15 is 0 Å². The van der Waals surface area contributed by atoms with E-state index in [1.54, 1.807) is 0 Å². The molecule has 5 heteroatoms. The molecule has 4 radical (unpaired) electrons. The molecule has 0 aromatic carbocycles. The first kappa shape index (κ1) is 47.2. The zero-order chi connectivity index (χ0) is 0. The first-order valence-corrected chi connectivity index (χ1v) is 0. The Kier molecular flexibility index (Phi) is 281. The fourth-order valence-electron chi connectivity index (χ4n) is 0. The topological polar surface area (TPSA) is 0 Å². The summed E-state index contributed by atoms with van der Waals surface area (Å²) in [6.07, 6.45) is 0. The average molecular weight is 528 g/mol. The second kappa shape index (κ2) is 29.8. The van der Waals surface area contributed by atoms with Crippen molar-refractivity contribution in [1.29, 1.82) is 0 Å². The van der Waals surface area contributed by atoms with Crippen molar-refractivity contribution in [3.8, 4) is 0 Å². The number of hydrogen-bond donors (Lipinski definition) is 0. The van der Waals surface area contributed by atoms with Crippen LogP contribution in [-0.4, -0.2) is 54.6 Å². The molecule has 0 rings (SSSR count). The fraction of sp³-hybridized carbons (Fsp3) is 0. The summed E-state index contributed by atoms with van der Waals surface area (Å²) < 4.78 is 0. The molecule has 0 aliphatic rings. The van der Waals surface area contributed by atoms with Gasteiger partial charge < -0.3 is 0 Å². The molecule has 0 bridgehead atoms. The quantitative estimate of drug-likeness (QED) is 0.371. The van der Waals surface area contributed by atoms with Crippen LogP contribution in [0.1, 0.15) is 0 Å². The molecule has 0 N–H and O–H groups in total. The molecular formula is H7Cl3Pb2. The molecule has 0 saturated carbocycles. The minimum absolute atomic E-state index is 0. The fourth-order valence-corrected chi connectivity index (χ4v) is 0. The third-order valence-electron chi connectivity index (χ3n) is 0. The second-order valence-electron chi connectivity index (χ2n) is 0. The van der Waals surface area contributed by atoms with E-state index < -0.39 is 0 Å². The van der Waals surface area contributed by atoms with Gasteiger partial charge in [-0.15, -0.1) is 37.2 Å². The second-order valence-corrected chi connectivity index (χ2v) is 0. The zero-order valence-corrected chi connectivity index (χ0v) is 16.1. The van der Waals surface area contributed by atoms with Gasteiger partial charge in [0.15, 0.2) is 0 Å². The van der Waals surface area contributed by atoms with Crippen LogP contribution in [0.5, 0.6) is 0 Å². The molecule has 0 saturated heterocycles. The molecule has 5 heavy (non-hydrogen) atoms. The van der Waals surface area contributed by atoms with Gasteiger partial charge in [0, 0.05) is 0 Å². The van der Waals surface area contributed by atoms with Gasteiger partial charge in [-0.05, 0) is 0 Å². The number of hydrogen-bond acceptors (Lipinski definition) is 0. The Balaban J connectivity index is 0. The molecule has 0 aliphatic heterocycles. The number of rotatable bonds is 0. The van der Waals surface area contributed by atoms with E-state index in [9.17, 15) is 0 Å². The summed E-state index contributed by atoms with van der Waals surface area (Å²) in [6.45, 7) is 0. The Morgan fingerprint density at radius 3 is 0.400 bits per heavy atom. The van der Waals surface area contributed by atoms with Gasteiger partial charge in [-0.25, -0.2) is 0 Å². The van der Waals surface area contributed by atoms with E-state index in [1.165, 1.54) is 0 Å². The summed E-state index contributed by atoms with van der Waals surface area (Å²) in [4.78, 5) is 0. The van der Waals surface area contributed by atoms with Crippen molar-refractivity contribution in [3.05, 3.63) is 0 Å². The Hall–Kier alpha value is 2.71. The summed E-state index contributed by atoms with van der Waals surface area (Å²) >= 11 is 0. The third-order valence-corrected chi connectivity index (χ3v) is 0. The van der Waals surface area contributed by atoms with E-state index in [0.717, 1.165) is 0 Å². The van der Waals surface area contributed by atoms with Gasteiger partial charge in [0.25, 0.3) is 0 Å². The maximum atomic E-state index is 0. The van der Waals surface area contributed by atoms with Crippen LogP contribution < -0.4 is 0 Å². The Labute approximate surface area is 90.4 Å². The standard InChI is InChI=1S/3ClH.2Pb.4H/h3*1H;;;;;;. The predicted molar refractivity (Wildman–Crippen MR) is 38.8 cm³/mol. The van der Waals surface area contributed by atoms with Crippen LogP contribution in [-0.2, 0) is 0 Å². The van der Waals surface area contributed by atoms with Gasteiger partial charge in [0.05, 0.1) is 0 Å². The van der Waals surface area contributed by atoms with Gasteiger partial charge in [-0.1, -0.05) is 0 Å². The first-order chi connectivity index (χ1) is 0. The van der Waals surface area contributed by atoms with Crippen molar-refractivity contribution in [2.45, 2.75) is 0 Å². The summed E-state index contributed by atoms with van der Waals surface area (Å²) in [5, 5.41) is 0. The monoisotopic (exact) mass is 528 g/mol. The molecule has 0 atom stereocenters. The molecule has 0 heterocycles. The van der Waals surface area contributed by atoms with Crippen molar-refractivity contribution in [2.24, 2.45) is 0 Å². The van der Waals surface area contributed by atoms with E-state index in [4.69, 9.17) is 0 Å². The molecule has 0 aromatic rings. The van der Waals surface area contributed by atoms with Crippen molar-refractivity contribution >= 4 is 91.8 Å². The van der Waals surface area contributed by atoms with Crippen LogP contribution in [0.3, 0.4) is 0 Å². The first-order valence-electron chi connectivity index (χ1n) is 0. The number of halogens is 3. The summed E-state index contributed by atoms with van der Waals surface area (Å²) in [5.74, 6) is 0. The molecule has 0 unspecified atom stereocenters. The molecular weight excluding hydrogens is 521 g/mol. The SMILES string of the molecule is Cl.Cl.Cl.[PbH2].[PbH2]. The van der Waals surface area contributed by atoms with E-state index in [-0.39, 0.29) is 91.8 Å². The molecule has 0 aliphatic carbocycles. The predicted octanol–water partition coefficient (Wildman–Crippen LogP) is -0.567. The molecule has 0 amide bonds. The van der Waals surface area contributed by atoms with Crippen molar-refractivity contribution < 1.29 is 0 Å².